The van der Waals surface area contributed by atoms with Crippen LogP contribution in [-0.4, -0.2) is 4.83 Å². The van der Waals surface area contributed by atoms with E-state index in [-0.39, 0.29) is 0 Å². The number of hydrogen-bond donors (Lipinski definition) is 0. The summed E-state index contributed by atoms with van der Waals surface area (Å²) in [6.07, 6.45) is -1.32. The Morgan fingerprint density at radius 1 is 1.17 bits per heavy atom. The first-order chi connectivity index (χ1) is 8.32. The molecule has 0 aliphatic heterocycles. The largest absolute Gasteiger partial charge is 0.416 e. The van der Waals surface area contributed by atoms with Gasteiger partial charge in [0.15, 0.2) is 0 Å². The predicted molar refractivity (Wildman–Crippen MR) is 71.9 cm³/mol. The first-order valence-electron chi connectivity index (χ1n) is 6.13. The summed E-state index contributed by atoms with van der Waals surface area (Å²) in [5, 5.41) is 0. The molecule has 0 bridgehead atoms. The molecular formula is C14H18BrF3. The zero-order valence-electron chi connectivity index (χ0n) is 10.6. The van der Waals surface area contributed by atoms with Gasteiger partial charge in [0.05, 0.1) is 5.56 Å². The molecular weight excluding hydrogens is 305 g/mol. The minimum atomic E-state index is -4.25. The van der Waals surface area contributed by atoms with Crippen LogP contribution < -0.4 is 0 Å². The van der Waals surface area contributed by atoms with Crippen molar-refractivity contribution in [1.82, 2.24) is 0 Å². The first-order valence-corrected chi connectivity index (χ1v) is 7.04. The average molecular weight is 323 g/mol. The number of alkyl halides is 4. The smallest absolute Gasteiger partial charge is 0.166 e. The molecule has 0 radical (unpaired) electrons. The summed E-state index contributed by atoms with van der Waals surface area (Å²) in [6.45, 7) is 4.32. The van der Waals surface area contributed by atoms with E-state index in [1.165, 1.54) is 0 Å². The maximum absolute atomic E-state index is 12.4. The van der Waals surface area contributed by atoms with E-state index < -0.39 is 11.7 Å². The summed E-state index contributed by atoms with van der Waals surface area (Å²) in [6, 6.07) is 5.43. The lowest BCUT2D eigenvalue weighted by Crippen LogP contribution is -2.09. The van der Waals surface area contributed by atoms with Crippen molar-refractivity contribution in [3.63, 3.8) is 0 Å². The number of halogens is 4. The van der Waals surface area contributed by atoms with Gasteiger partial charge in [0, 0.05) is 4.83 Å². The predicted octanol–water partition coefficient (Wildman–Crippen LogP) is 5.45. The molecule has 0 aromatic heterocycles. The Morgan fingerprint density at radius 3 is 2.17 bits per heavy atom. The molecule has 0 fully saturated rings. The third kappa shape index (κ3) is 5.01. The van der Waals surface area contributed by atoms with Gasteiger partial charge in [0.25, 0.3) is 0 Å². The summed E-state index contributed by atoms with van der Waals surface area (Å²) in [4.78, 5) is 0.323. The highest BCUT2D eigenvalue weighted by molar-refractivity contribution is 9.09. The van der Waals surface area contributed by atoms with E-state index in [0.717, 1.165) is 37.0 Å². The molecule has 2 unspecified atom stereocenters. The van der Waals surface area contributed by atoms with Crippen molar-refractivity contribution < 1.29 is 13.2 Å². The van der Waals surface area contributed by atoms with E-state index in [2.05, 4.69) is 29.8 Å². The average Bonchev–Trinajstić information content (AvgIpc) is 2.28. The topological polar surface area (TPSA) is 0 Å². The highest BCUT2D eigenvalue weighted by Gasteiger charge is 2.29. The summed E-state index contributed by atoms with van der Waals surface area (Å²) >= 11 is 3.59. The van der Waals surface area contributed by atoms with Crippen LogP contribution in [0.4, 0.5) is 13.2 Å². The van der Waals surface area contributed by atoms with Gasteiger partial charge in [-0.25, -0.2) is 0 Å². The van der Waals surface area contributed by atoms with Crippen molar-refractivity contribution in [3.05, 3.63) is 35.4 Å². The summed E-state index contributed by atoms with van der Waals surface area (Å²) in [5.74, 6) is 0.629. The van der Waals surface area contributed by atoms with Crippen molar-refractivity contribution in [3.8, 4) is 0 Å². The van der Waals surface area contributed by atoms with Crippen molar-refractivity contribution >= 4 is 15.9 Å². The fourth-order valence-electron chi connectivity index (χ4n) is 1.77. The second-order valence-corrected chi connectivity index (χ2v) is 6.04. The monoisotopic (exact) mass is 322 g/mol. The minimum Gasteiger partial charge on any atom is -0.166 e. The molecule has 0 nitrogen and oxygen atoms in total. The Hall–Kier alpha value is -0.510. The van der Waals surface area contributed by atoms with E-state index in [1.54, 1.807) is 12.1 Å². The molecule has 0 spiro atoms. The number of hydrogen-bond acceptors (Lipinski definition) is 0. The quantitative estimate of drug-likeness (QED) is 0.632. The van der Waals surface area contributed by atoms with Gasteiger partial charge in [-0.15, -0.1) is 0 Å². The minimum absolute atomic E-state index is 0.323. The highest BCUT2D eigenvalue weighted by Crippen LogP contribution is 2.29. The summed E-state index contributed by atoms with van der Waals surface area (Å²) < 4.78 is 37.2. The van der Waals surface area contributed by atoms with E-state index in [1.807, 2.05) is 0 Å². The lowest BCUT2D eigenvalue weighted by molar-refractivity contribution is -0.137. The van der Waals surface area contributed by atoms with Gasteiger partial charge in [-0.05, 0) is 36.5 Å². The van der Waals surface area contributed by atoms with Crippen molar-refractivity contribution in [2.75, 3.05) is 0 Å². The van der Waals surface area contributed by atoms with Crippen LogP contribution in [0.1, 0.15) is 37.8 Å². The molecule has 1 aromatic rings. The molecule has 2 atom stereocenters. The van der Waals surface area contributed by atoms with Crippen LogP contribution in [-0.2, 0) is 12.6 Å². The first kappa shape index (κ1) is 15.5. The number of rotatable bonds is 5. The molecule has 18 heavy (non-hydrogen) atoms. The van der Waals surface area contributed by atoms with E-state index in [9.17, 15) is 13.2 Å². The van der Waals surface area contributed by atoms with Crippen LogP contribution in [0.5, 0.6) is 0 Å². The molecule has 1 aromatic carbocycles. The van der Waals surface area contributed by atoms with Crippen LogP contribution in [0, 0.1) is 5.92 Å². The third-order valence-corrected chi connectivity index (χ3v) is 3.79. The van der Waals surface area contributed by atoms with Gasteiger partial charge < -0.3 is 0 Å². The van der Waals surface area contributed by atoms with Crippen LogP contribution in [0.15, 0.2) is 24.3 Å². The maximum atomic E-state index is 12.4. The maximum Gasteiger partial charge on any atom is 0.416 e. The fraction of sp³-hybridized carbons (Fsp3) is 0.571. The lowest BCUT2D eigenvalue weighted by Gasteiger charge is -2.15. The second kappa shape index (κ2) is 6.60. The molecule has 102 valence electrons. The zero-order valence-corrected chi connectivity index (χ0v) is 12.2. The van der Waals surface area contributed by atoms with E-state index >= 15 is 0 Å². The second-order valence-electron chi connectivity index (χ2n) is 4.75. The van der Waals surface area contributed by atoms with Crippen LogP contribution >= 0.6 is 15.9 Å². The molecule has 4 heteroatoms. The molecule has 0 saturated carbocycles. The van der Waals surface area contributed by atoms with Gasteiger partial charge >= 0.3 is 6.18 Å². The lowest BCUT2D eigenvalue weighted by atomic mass is 9.98. The molecule has 1 rings (SSSR count). The van der Waals surface area contributed by atoms with Crippen molar-refractivity contribution in [2.45, 2.75) is 44.1 Å². The van der Waals surface area contributed by atoms with Crippen LogP contribution in [0.2, 0.25) is 0 Å². The summed E-state index contributed by atoms with van der Waals surface area (Å²) in [7, 11) is 0. The Labute approximate surface area is 115 Å². The van der Waals surface area contributed by atoms with Crippen molar-refractivity contribution in [2.24, 2.45) is 5.92 Å². The van der Waals surface area contributed by atoms with Gasteiger partial charge in [-0.3, -0.25) is 0 Å². The molecule has 0 amide bonds. The molecule has 0 aliphatic rings. The molecule has 0 saturated heterocycles. The fourth-order valence-corrected chi connectivity index (χ4v) is 2.78. The normalized spacial score (nSPS) is 15.4. The Bertz CT molecular complexity index is 356. The molecule has 0 aliphatic carbocycles. The Balaban J connectivity index is 2.58. The standard InChI is InChI=1S/C14H18BrF3/c1-3-10(2)8-13(15)9-11-4-6-12(7-5-11)14(16,17)18/h4-7,10,13H,3,8-9H2,1-2H3. The van der Waals surface area contributed by atoms with Gasteiger partial charge in [0.2, 0.25) is 0 Å². The summed E-state index contributed by atoms with van der Waals surface area (Å²) in [5.41, 5.74) is 0.354. The SMILES string of the molecule is CCC(C)CC(Br)Cc1ccc(C(F)(F)F)cc1. The van der Waals surface area contributed by atoms with Gasteiger partial charge in [-0.2, -0.15) is 13.2 Å². The Morgan fingerprint density at radius 2 is 1.72 bits per heavy atom. The third-order valence-electron chi connectivity index (χ3n) is 3.09. The van der Waals surface area contributed by atoms with Crippen LogP contribution in [0.25, 0.3) is 0 Å². The van der Waals surface area contributed by atoms with Gasteiger partial charge in [0.1, 0.15) is 0 Å². The zero-order chi connectivity index (χ0) is 13.8. The van der Waals surface area contributed by atoms with E-state index in [0.29, 0.717) is 10.7 Å². The van der Waals surface area contributed by atoms with Crippen LogP contribution in [0.3, 0.4) is 0 Å². The van der Waals surface area contributed by atoms with Gasteiger partial charge in [-0.1, -0.05) is 48.3 Å². The highest BCUT2D eigenvalue weighted by atomic mass is 79.9. The molecule has 0 N–H and O–H groups in total. The number of benzene rings is 1. The Kier molecular flexibility index (Phi) is 5.70. The van der Waals surface area contributed by atoms with E-state index in [4.69, 9.17) is 0 Å². The van der Waals surface area contributed by atoms with Crippen molar-refractivity contribution in [1.29, 1.82) is 0 Å². The molecule has 0 heterocycles.